The van der Waals surface area contributed by atoms with Crippen molar-refractivity contribution in [2.75, 3.05) is 0 Å². The van der Waals surface area contributed by atoms with E-state index in [1.165, 1.54) is 36.0 Å². The van der Waals surface area contributed by atoms with Crippen LogP contribution in [0, 0.1) is 0 Å². The molecule has 2 aromatic rings. The van der Waals surface area contributed by atoms with Crippen molar-refractivity contribution in [3.63, 3.8) is 0 Å². The zero-order valence-electron chi connectivity index (χ0n) is 18.1. The van der Waals surface area contributed by atoms with E-state index >= 15 is 0 Å². The van der Waals surface area contributed by atoms with Crippen molar-refractivity contribution < 1.29 is 9.90 Å². The molecular formula is C27H32O2. The topological polar surface area (TPSA) is 37.3 Å². The molecule has 1 fully saturated rings. The number of carbonyl (C=O) groups is 1. The minimum Gasteiger partial charge on any atom is -0.478 e. The first kappa shape index (κ1) is 19.9. The van der Waals surface area contributed by atoms with Crippen LogP contribution in [-0.4, -0.2) is 11.1 Å². The van der Waals surface area contributed by atoms with Gasteiger partial charge >= 0.3 is 5.97 Å². The van der Waals surface area contributed by atoms with Crippen LogP contribution in [0.15, 0.2) is 48.0 Å². The van der Waals surface area contributed by atoms with Crippen molar-refractivity contribution in [1.29, 1.82) is 0 Å². The van der Waals surface area contributed by atoms with Gasteiger partial charge < -0.3 is 5.11 Å². The molecule has 0 bridgehead atoms. The third kappa shape index (κ3) is 3.90. The number of fused-ring (bicyclic) bond motifs is 1. The molecule has 2 nitrogen and oxygen atoms in total. The fourth-order valence-electron chi connectivity index (χ4n) is 5.11. The Bertz CT molecular complexity index is 961. The average molecular weight is 389 g/mol. The third-order valence-electron chi connectivity index (χ3n) is 7.20. The van der Waals surface area contributed by atoms with Gasteiger partial charge in [0.05, 0.1) is 5.56 Å². The lowest BCUT2D eigenvalue weighted by atomic mass is 9.62. The molecule has 0 spiro atoms. The number of benzene rings is 2. The molecule has 4 rings (SSSR count). The van der Waals surface area contributed by atoms with Crippen molar-refractivity contribution in [3.8, 4) is 0 Å². The lowest BCUT2D eigenvalue weighted by Gasteiger charge is -2.42. The van der Waals surface area contributed by atoms with E-state index in [4.69, 9.17) is 5.11 Å². The summed E-state index contributed by atoms with van der Waals surface area (Å²) in [5.41, 5.74) is 8.00. The molecule has 0 radical (unpaired) electrons. The van der Waals surface area contributed by atoms with E-state index in [9.17, 15) is 4.79 Å². The van der Waals surface area contributed by atoms with Crippen molar-refractivity contribution in [2.45, 2.75) is 76.5 Å². The highest BCUT2D eigenvalue weighted by Crippen LogP contribution is 2.48. The van der Waals surface area contributed by atoms with E-state index in [-0.39, 0.29) is 10.8 Å². The molecule has 2 aliphatic rings. The second-order valence-electron chi connectivity index (χ2n) is 10.2. The van der Waals surface area contributed by atoms with E-state index in [0.29, 0.717) is 11.5 Å². The zero-order chi connectivity index (χ0) is 20.8. The molecule has 1 unspecified atom stereocenters. The van der Waals surface area contributed by atoms with Crippen molar-refractivity contribution in [2.24, 2.45) is 0 Å². The summed E-state index contributed by atoms with van der Waals surface area (Å²) >= 11 is 0. The summed E-state index contributed by atoms with van der Waals surface area (Å²) in [5, 5.41) is 9.06. The number of rotatable bonds is 3. The Morgan fingerprint density at radius 2 is 1.62 bits per heavy atom. The molecule has 2 heteroatoms. The average Bonchev–Trinajstić information content (AvgIpc) is 3.14. The molecule has 1 N–H and O–H groups in total. The van der Waals surface area contributed by atoms with Gasteiger partial charge in [-0.1, -0.05) is 69.7 Å². The van der Waals surface area contributed by atoms with Gasteiger partial charge in [0.25, 0.3) is 0 Å². The largest absolute Gasteiger partial charge is 0.478 e. The molecule has 2 aliphatic carbocycles. The van der Waals surface area contributed by atoms with E-state index in [1.54, 1.807) is 17.7 Å². The monoisotopic (exact) mass is 388 g/mol. The molecule has 29 heavy (non-hydrogen) atoms. The van der Waals surface area contributed by atoms with Gasteiger partial charge in [0, 0.05) is 0 Å². The molecule has 0 saturated heterocycles. The zero-order valence-corrected chi connectivity index (χ0v) is 18.1. The summed E-state index contributed by atoms with van der Waals surface area (Å²) in [6.45, 7) is 9.55. The van der Waals surface area contributed by atoms with Crippen molar-refractivity contribution >= 4 is 12.0 Å². The van der Waals surface area contributed by atoms with Crippen LogP contribution in [0.3, 0.4) is 0 Å². The molecular weight excluding hydrogens is 356 g/mol. The van der Waals surface area contributed by atoms with Crippen LogP contribution in [0.1, 0.15) is 98.3 Å². The Balaban J connectivity index is 1.56. The lowest BCUT2D eigenvalue weighted by Crippen LogP contribution is -2.33. The van der Waals surface area contributed by atoms with Gasteiger partial charge in [0.1, 0.15) is 0 Å². The molecule has 1 atom stereocenters. The predicted octanol–water partition coefficient (Wildman–Crippen LogP) is 7.08. The molecule has 0 aromatic heterocycles. The number of hydrogen-bond acceptors (Lipinski definition) is 1. The standard InChI is InChI=1S/C27H32O2/c1-26(2)13-14-27(3,4)24-17-22(11-12-23(24)26)21-10-7-19(16-21)15-18-5-8-20(9-6-18)25(28)29/h5-6,8-9,11-12,15,17,21H,7,10,13-14,16H2,1-4H3,(H,28,29). The maximum absolute atomic E-state index is 11.0. The Morgan fingerprint density at radius 3 is 2.28 bits per heavy atom. The van der Waals surface area contributed by atoms with Crippen molar-refractivity contribution in [1.82, 2.24) is 0 Å². The first-order chi connectivity index (χ1) is 13.7. The first-order valence-electron chi connectivity index (χ1n) is 10.8. The number of carboxylic acids is 1. The Labute approximate surface area is 174 Å². The fraction of sp³-hybridized carbons (Fsp3) is 0.444. The highest BCUT2D eigenvalue weighted by Gasteiger charge is 2.37. The van der Waals surface area contributed by atoms with Gasteiger partial charge in [0.15, 0.2) is 0 Å². The summed E-state index contributed by atoms with van der Waals surface area (Å²) in [6, 6.07) is 14.5. The van der Waals surface area contributed by atoms with Crippen LogP contribution < -0.4 is 0 Å². The van der Waals surface area contributed by atoms with Crippen LogP contribution in [0.4, 0.5) is 0 Å². The minimum absolute atomic E-state index is 0.254. The van der Waals surface area contributed by atoms with Crippen LogP contribution in [0.5, 0.6) is 0 Å². The maximum Gasteiger partial charge on any atom is 0.335 e. The van der Waals surface area contributed by atoms with Gasteiger partial charge in [-0.3, -0.25) is 0 Å². The Kier molecular flexibility index (Phi) is 4.93. The van der Waals surface area contributed by atoms with Gasteiger partial charge in [0.2, 0.25) is 0 Å². The summed E-state index contributed by atoms with van der Waals surface area (Å²) in [7, 11) is 0. The number of carboxylic acid groups (broad SMARTS) is 1. The quantitative estimate of drug-likeness (QED) is 0.609. The van der Waals surface area contributed by atoms with Gasteiger partial charge in [-0.05, 0) is 83.2 Å². The minimum atomic E-state index is -0.872. The Morgan fingerprint density at radius 1 is 0.966 bits per heavy atom. The van der Waals surface area contributed by atoms with Crippen LogP contribution in [0.25, 0.3) is 6.08 Å². The second-order valence-corrected chi connectivity index (χ2v) is 10.2. The highest BCUT2D eigenvalue weighted by atomic mass is 16.4. The number of allylic oxidation sites excluding steroid dienone is 1. The fourth-order valence-corrected chi connectivity index (χ4v) is 5.11. The molecule has 0 heterocycles. The second kappa shape index (κ2) is 7.16. The van der Waals surface area contributed by atoms with Gasteiger partial charge in [-0.25, -0.2) is 4.79 Å². The van der Waals surface area contributed by atoms with Crippen molar-refractivity contribution in [3.05, 3.63) is 75.9 Å². The smallest absolute Gasteiger partial charge is 0.335 e. The molecule has 152 valence electrons. The maximum atomic E-state index is 11.0. The van der Waals surface area contributed by atoms with E-state index in [0.717, 1.165) is 18.4 Å². The van der Waals surface area contributed by atoms with Crippen LogP contribution >= 0.6 is 0 Å². The Hall–Kier alpha value is -2.35. The molecule has 1 saturated carbocycles. The van der Waals surface area contributed by atoms with Gasteiger partial charge in [-0.2, -0.15) is 0 Å². The van der Waals surface area contributed by atoms with Crippen LogP contribution in [0.2, 0.25) is 0 Å². The summed E-state index contributed by atoms with van der Waals surface area (Å²) in [6.07, 6.45) is 8.17. The third-order valence-corrected chi connectivity index (χ3v) is 7.20. The molecule has 0 amide bonds. The molecule has 0 aliphatic heterocycles. The highest BCUT2D eigenvalue weighted by molar-refractivity contribution is 5.87. The normalized spacial score (nSPS) is 23.7. The lowest BCUT2D eigenvalue weighted by molar-refractivity contribution is 0.0697. The van der Waals surface area contributed by atoms with E-state index < -0.39 is 5.97 Å². The summed E-state index contributed by atoms with van der Waals surface area (Å²) in [5.74, 6) is -0.283. The molecule has 2 aromatic carbocycles. The van der Waals surface area contributed by atoms with Crippen LogP contribution in [-0.2, 0) is 10.8 Å². The summed E-state index contributed by atoms with van der Waals surface area (Å²) in [4.78, 5) is 11.0. The van der Waals surface area contributed by atoms with E-state index in [1.807, 2.05) is 12.1 Å². The number of hydrogen-bond donors (Lipinski definition) is 1. The van der Waals surface area contributed by atoms with E-state index in [2.05, 4.69) is 52.0 Å². The first-order valence-corrected chi connectivity index (χ1v) is 10.8. The SMILES string of the molecule is CC1(C)CCC(C)(C)c2cc(C3CCC(=Cc4ccc(C(=O)O)cc4)C3)ccc21. The van der Waals surface area contributed by atoms with Gasteiger partial charge in [-0.15, -0.1) is 0 Å². The summed E-state index contributed by atoms with van der Waals surface area (Å²) < 4.78 is 0. The number of aromatic carboxylic acids is 1. The predicted molar refractivity (Wildman–Crippen MR) is 120 cm³/mol.